The Morgan fingerprint density at radius 3 is 2.39 bits per heavy atom. The Labute approximate surface area is 134 Å². The summed E-state index contributed by atoms with van der Waals surface area (Å²) in [5.74, 6) is 0. The summed E-state index contributed by atoms with van der Waals surface area (Å²) in [5.41, 5.74) is 8.92. The molecule has 0 aliphatic carbocycles. The third-order valence-electron chi connectivity index (χ3n) is 3.61. The minimum absolute atomic E-state index is 0.00629. The quantitative estimate of drug-likeness (QED) is 0.718. The van der Waals surface area contributed by atoms with Crippen LogP contribution in [0, 0.1) is 6.92 Å². The highest BCUT2D eigenvalue weighted by atomic mass is 32.2. The van der Waals surface area contributed by atoms with E-state index < -0.39 is 10.0 Å². The average molecular weight is 328 g/mol. The van der Waals surface area contributed by atoms with E-state index in [9.17, 15) is 8.42 Å². The Morgan fingerprint density at radius 2 is 1.74 bits per heavy atom. The molecular formula is C16H16N4O2S. The van der Waals surface area contributed by atoms with Gasteiger partial charge in [0, 0.05) is 22.5 Å². The second-order valence-corrected chi connectivity index (χ2v) is 6.72. The molecule has 0 radical (unpaired) electrons. The summed E-state index contributed by atoms with van der Waals surface area (Å²) in [7, 11) is -3.89. The van der Waals surface area contributed by atoms with Gasteiger partial charge in [-0.25, -0.2) is 18.2 Å². The van der Waals surface area contributed by atoms with E-state index in [1.54, 1.807) is 23.0 Å². The van der Waals surface area contributed by atoms with Gasteiger partial charge in [-0.2, -0.15) is 5.10 Å². The number of nitrogens with two attached hydrogens (primary N) is 2. The minimum Gasteiger partial charge on any atom is -0.399 e. The number of sulfonamides is 1. The van der Waals surface area contributed by atoms with Crippen molar-refractivity contribution in [2.45, 2.75) is 11.8 Å². The molecule has 0 atom stereocenters. The van der Waals surface area contributed by atoms with Crippen LogP contribution < -0.4 is 10.9 Å². The summed E-state index contributed by atoms with van der Waals surface area (Å²) in [6.45, 7) is 1.87. The Kier molecular flexibility index (Phi) is 3.67. The first-order valence-electron chi connectivity index (χ1n) is 6.90. The van der Waals surface area contributed by atoms with Gasteiger partial charge in [0.15, 0.2) is 0 Å². The van der Waals surface area contributed by atoms with Crippen LogP contribution in [0.2, 0.25) is 0 Å². The maximum absolute atomic E-state index is 11.9. The summed E-state index contributed by atoms with van der Waals surface area (Å²) in [4.78, 5) is -0.00629. The Balaban J connectivity index is 2.21. The maximum atomic E-state index is 11.9. The second kappa shape index (κ2) is 5.53. The van der Waals surface area contributed by atoms with Crippen LogP contribution >= 0.6 is 0 Å². The summed E-state index contributed by atoms with van der Waals surface area (Å²) >= 11 is 0. The lowest BCUT2D eigenvalue weighted by Crippen LogP contribution is -2.14. The Bertz CT molecular complexity index is 963. The maximum Gasteiger partial charge on any atom is 0.238 e. The fourth-order valence-corrected chi connectivity index (χ4v) is 3.29. The van der Waals surface area contributed by atoms with Crippen LogP contribution in [0.4, 0.5) is 5.69 Å². The molecule has 7 heteroatoms. The number of aromatic nitrogens is 2. The normalized spacial score (nSPS) is 11.6. The van der Waals surface area contributed by atoms with Crippen molar-refractivity contribution >= 4 is 15.7 Å². The number of para-hydroxylation sites is 1. The van der Waals surface area contributed by atoms with E-state index in [-0.39, 0.29) is 4.90 Å². The van der Waals surface area contributed by atoms with E-state index in [1.807, 2.05) is 37.3 Å². The topological polar surface area (TPSA) is 104 Å². The summed E-state index contributed by atoms with van der Waals surface area (Å²) < 4.78 is 25.5. The molecule has 118 valence electrons. The number of hydrogen-bond donors (Lipinski definition) is 2. The predicted molar refractivity (Wildman–Crippen MR) is 89.5 cm³/mol. The molecule has 0 saturated heterocycles. The first-order chi connectivity index (χ1) is 10.9. The van der Waals surface area contributed by atoms with Gasteiger partial charge >= 0.3 is 0 Å². The summed E-state index contributed by atoms with van der Waals surface area (Å²) in [6, 6.07) is 14.2. The zero-order valence-corrected chi connectivity index (χ0v) is 13.3. The third kappa shape index (κ3) is 2.84. The molecule has 0 amide bonds. The highest BCUT2D eigenvalue weighted by Crippen LogP contribution is 2.31. The molecule has 0 aliphatic heterocycles. The number of hydrogen-bond acceptors (Lipinski definition) is 4. The van der Waals surface area contributed by atoms with Crippen molar-refractivity contribution in [2.75, 3.05) is 5.73 Å². The number of primary sulfonamides is 1. The van der Waals surface area contributed by atoms with Gasteiger partial charge < -0.3 is 5.73 Å². The number of benzene rings is 2. The van der Waals surface area contributed by atoms with E-state index in [1.165, 1.54) is 6.07 Å². The van der Waals surface area contributed by atoms with Gasteiger partial charge in [0.2, 0.25) is 10.0 Å². The Morgan fingerprint density at radius 1 is 1.04 bits per heavy atom. The van der Waals surface area contributed by atoms with Crippen molar-refractivity contribution in [3.63, 3.8) is 0 Å². The molecule has 4 N–H and O–H groups in total. The number of rotatable bonds is 3. The molecule has 6 nitrogen and oxygen atoms in total. The van der Waals surface area contributed by atoms with E-state index in [2.05, 4.69) is 5.10 Å². The fourth-order valence-electron chi connectivity index (χ4n) is 2.50. The van der Waals surface area contributed by atoms with Crippen molar-refractivity contribution in [3.8, 4) is 16.8 Å². The van der Waals surface area contributed by atoms with Gasteiger partial charge in [-0.05, 0) is 31.2 Å². The van der Waals surface area contributed by atoms with Crippen LogP contribution in [0.25, 0.3) is 16.8 Å². The van der Waals surface area contributed by atoms with Crippen molar-refractivity contribution < 1.29 is 8.42 Å². The number of nitrogen functional groups attached to an aromatic ring is 1. The molecular weight excluding hydrogens is 312 g/mol. The SMILES string of the molecule is Cc1c(-c2ccc(N)cc2S(N)(=O)=O)cnn1-c1ccccc1. The largest absolute Gasteiger partial charge is 0.399 e. The highest BCUT2D eigenvalue weighted by molar-refractivity contribution is 7.89. The minimum atomic E-state index is -3.89. The summed E-state index contributed by atoms with van der Waals surface area (Å²) in [5, 5.41) is 9.68. The molecule has 1 aromatic heterocycles. The molecule has 0 aliphatic rings. The molecule has 23 heavy (non-hydrogen) atoms. The van der Waals surface area contributed by atoms with Crippen molar-refractivity contribution in [1.82, 2.24) is 9.78 Å². The predicted octanol–water partition coefficient (Wildman–Crippen LogP) is 2.08. The molecule has 3 aromatic rings. The van der Waals surface area contributed by atoms with E-state index in [0.717, 1.165) is 11.4 Å². The molecule has 0 spiro atoms. The Hall–Kier alpha value is -2.64. The van der Waals surface area contributed by atoms with Crippen LogP contribution in [0.15, 0.2) is 59.6 Å². The molecule has 0 saturated carbocycles. The van der Waals surface area contributed by atoms with Gasteiger partial charge in [-0.1, -0.05) is 24.3 Å². The molecule has 0 unspecified atom stereocenters. The van der Waals surface area contributed by atoms with Crippen LogP contribution in [0.3, 0.4) is 0 Å². The van der Waals surface area contributed by atoms with Gasteiger partial charge in [-0.15, -0.1) is 0 Å². The fraction of sp³-hybridized carbons (Fsp3) is 0.0625. The number of anilines is 1. The first kappa shape index (κ1) is 15.3. The van der Waals surface area contributed by atoms with Gasteiger partial charge in [0.25, 0.3) is 0 Å². The van der Waals surface area contributed by atoms with E-state index in [0.29, 0.717) is 16.8 Å². The van der Waals surface area contributed by atoms with E-state index in [4.69, 9.17) is 10.9 Å². The second-order valence-electron chi connectivity index (χ2n) is 5.19. The number of nitrogens with zero attached hydrogens (tertiary/aromatic N) is 2. The van der Waals surface area contributed by atoms with Crippen molar-refractivity contribution in [3.05, 3.63) is 60.4 Å². The standard InChI is InChI=1S/C16H16N4O2S/c1-11-15(10-19-20(11)13-5-3-2-4-6-13)14-8-7-12(17)9-16(14)23(18,21)22/h2-10H,17H2,1H3,(H2,18,21,22). The van der Waals surface area contributed by atoms with Crippen LogP contribution in [-0.4, -0.2) is 18.2 Å². The third-order valence-corrected chi connectivity index (χ3v) is 4.56. The molecule has 0 bridgehead atoms. The van der Waals surface area contributed by atoms with Crippen molar-refractivity contribution in [2.24, 2.45) is 5.14 Å². The zero-order chi connectivity index (χ0) is 16.6. The van der Waals surface area contributed by atoms with Crippen molar-refractivity contribution in [1.29, 1.82) is 0 Å². The van der Waals surface area contributed by atoms with Crippen LogP contribution in [0.1, 0.15) is 5.69 Å². The van der Waals surface area contributed by atoms with Gasteiger partial charge in [-0.3, -0.25) is 0 Å². The highest BCUT2D eigenvalue weighted by Gasteiger charge is 2.19. The van der Waals surface area contributed by atoms with Gasteiger partial charge in [0.1, 0.15) is 0 Å². The lowest BCUT2D eigenvalue weighted by molar-refractivity contribution is 0.598. The van der Waals surface area contributed by atoms with Crippen LogP contribution in [-0.2, 0) is 10.0 Å². The van der Waals surface area contributed by atoms with E-state index >= 15 is 0 Å². The molecule has 1 heterocycles. The average Bonchev–Trinajstić information content (AvgIpc) is 2.89. The molecule has 3 rings (SSSR count). The summed E-state index contributed by atoms with van der Waals surface area (Å²) in [6.07, 6.45) is 1.63. The van der Waals surface area contributed by atoms with Crippen LogP contribution in [0.5, 0.6) is 0 Å². The smallest absolute Gasteiger partial charge is 0.238 e. The van der Waals surface area contributed by atoms with Gasteiger partial charge in [0.05, 0.1) is 16.8 Å². The lowest BCUT2D eigenvalue weighted by Gasteiger charge is -2.09. The molecule has 2 aromatic carbocycles. The lowest BCUT2D eigenvalue weighted by atomic mass is 10.1. The monoisotopic (exact) mass is 328 g/mol. The zero-order valence-electron chi connectivity index (χ0n) is 12.5. The molecule has 0 fully saturated rings. The first-order valence-corrected chi connectivity index (χ1v) is 8.45.